The maximum atomic E-state index is 5.86. The van der Waals surface area contributed by atoms with Crippen LogP contribution in [0, 0.1) is 6.92 Å². The van der Waals surface area contributed by atoms with Crippen LogP contribution in [0.5, 0.6) is 11.6 Å². The Labute approximate surface area is 102 Å². The number of nitrogens with two attached hydrogens (primary N) is 1. The summed E-state index contributed by atoms with van der Waals surface area (Å²) < 4.78 is 6.59. The van der Waals surface area contributed by atoms with Crippen LogP contribution in [0.25, 0.3) is 0 Å². The summed E-state index contributed by atoms with van der Waals surface area (Å²) in [5, 5.41) is 0. The number of halogens is 1. The van der Waals surface area contributed by atoms with E-state index >= 15 is 0 Å². The Morgan fingerprint density at radius 3 is 2.56 bits per heavy atom. The zero-order valence-electron chi connectivity index (χ0n) is 8.77. The van der Waals surface area contributed by atoms with E-state index in [1.165, 1.54) is 0 Å². The molecule has 2 N–H and O–H groups in total. The predicted octanol–water partition coefficient (Wildman–Crippen LogP) is 3.53. The second-order valence-electron chi connectivity index (χ2n) is 3.40. The van der Waals surface area contributed by atoms with Crippen molar-refractivity contribution in [2.45, 2.75) is 6.92 Å². The Morgan fingerprint density at radius 2 is 1.88 bits per heavy atom. The van der Waals surface area contributed by atoms with Gasteiger partial charge in [-0.2, -0.15) is 0 Å². The molecule has 1 heterocycles. The number of hydrogen-bond donors (Lipinski definition) is 1. The Hall–Kier alpha value is -1.55. The summed E-state index contributed by atoms with van der Waals surface area (Å²) in [6.07, 6.45) is 1.68. The molecular formula is C12H11BrN2O. The smallest absolute Gasteiger partial charge is 0.242 e. The highest BCUT2D eigenvalue weighted by Crippen LogP contribution is 2.27. The first-order valence-electron chi connectivity index (χ1n) is 4.81. The first kappa shape index (κ1) is 11.0. The lowest BCUT2D eigenvalue weighted by atomic mass is 10.2. The molecule has 0 bridgehead atoms. The average Bonchev–Trinajstić information content (AvgIpc) is 2.28. The molecule has 0 radical (unpaired) electrons. The molecule has 0 aliphatic carbocycles. The molecule has 0 spiro atoms. The van der Waals surface area contributed by atoms with Crippen LogP contribution < -0.4 is 10.5 Å². The van der Waals surface area contributed by atoms with Gasteiger partial charge in [0.05, 0.1) is 5.69 Å². The first-order valence-corrected chi connectivity index (χ1v) is 5.60. The molecule has 82 valence electrons. The highest BCUT2D eigenvalue weighted by atomic mass is 79.9. The molecule has 0 aliphatic rings. The molecule has 0 fully saturated rings. The van der Waals surface area contributed by atoms with Crippen molar-refractivity contribution in [3.8, 4) is 11.6 Å². The van der Waals surface area contributed by atoms with Crippen molar-refractivity contribution in [2.24, 2.45) is 0 Å². The van der Waals surface area contributed by atoms with Gasteiger partial charge in [-0.1, -0.05) is 15.9 Å². The Balaban J connectivity index is 2.27. The number of nitrogens with zero attached hydrogens (tertiary/aromatic N) is 1. The van der Waals surface area contributed by atoms with Crippen molar-refractivity contribution < 1.29 is 4.74 Å². The van der Waals surface area contributed by atoms with Crippen LogP contribution in [0.15, 0.2) is 41.0 Å². The van der Waals surface area contributed by atoms with Crippen LogP contribution in [0.3, 0.4) is 0 Å². The van der Waals surface area contributed by atoms with E-state index in [4.69, 9.17) is 10.5 Å². The van der Waals surface area contributed by atoms with E-state index in [-0.39, 0.29) is 0 Å². The summed E-state index contributed by atoms with van der Waals surface area (Å²) in [6.45, 7) is 1.92. The van der Waals surface area contributed by atoms with Crippen LogP contribution in [0.4, 0.5) is 5.69 Å². The molecule has 1 aromatic carbocycles. The minimum atomic E-state index is 0.447. The molecule has 0 saturated carbocycles. The Kier molecular flexibility index (Phi) is 3.10. The van der Waals surface area contributed by atoms with E-state index in [1.54, 1.807) is 6.20 Å². The van der Waals surface area contributed by atoms with Gasteiger partial charge >= 0.3 is 0 Å². The van der Waals surface area contributed by atoms with Crippen LogP contribution >= 0.6 is 15.9 Å². The van der Waals surface area contributed by atoms with E-state index in [0.717, 1.165) is 10.0 Å². The molecule has 0 unspecified atom stereocenters. The number of pyridine rings is 1. The van der Waals surface area contributed by atoms with Crippen molar-refractivity contribution >= 4 is 21.6 Å². The number of benzene rings is 1. The lowest BCUT2D eigenvalue weighted by Crippen LogP contribution is -1.96. The second-order valence-corrected chi connectivity index (χ2v) is 4.32. The average molecular weight is 279 g/mol. The maximum absolute atomic E-state index is 5.86. The van der Waals surface area contributed by atoms with Crippen LogP contribution in [-0.2, 0) is 0 Å². The third kappa shape index (κ3) is 2.33. The van der Waals surface area contributed by atoms with Crippen molar-refractivity contribution in [3.05, 3.63) is 46.6 Å². The molecule has 0 saturated heterocycles. The highest BCUT2D eigenvalue weighted by molar-refractivity contribution is 9.10. The summed E-state index contributed by atoms with van der Waals surface area (Å²) in [7, 11) is 0. The summed E-state index contributed by atoms with van der Waals surface area (Å²) in [5.41, 5.74) is 7.40. The summed E-state index contributed by atoms with van der Waals surface area (Å²) in [4.78, 5) is 4.10. The van der Waals surface area contributed by atoms with Gasteiger partial charge in [0.1, 0.15) is 5.75 Å². The minimum absolute atomic E-state index is 0.447. The van der Waals surface area contributed by atoms with Gasteiger partial charge in [0.25, 0.3) is 0 Å². The number of aryl methyl sites for hydroxylation is 1. The summed E-state index contributed by atoms with van der Waals surface area (Å²) >= 11 is 3.36. The summed E-state index contributed by atoms with van der Waals surface area (Å²) in [5.74, 6) is 1.16. The van der Waals surface area contributed by atoms with Gasteiger partial charge in [-0.15, -0.1) is 0 Å². The molecule has 0 aliphatic heterocycles. The molecule has 0 atom stereocenters. The Morgan fingerprint density at radius 1 is 1.19 bits per heavy atom. The van der Waals surface area contributed by atoms with Gasteiger partial charge < -0.3 is 10.5 Å². The van der Waals surface area contributed by atoms with Gasteiger partial charge in [0, 0.05) is 10.7 Å². The van der Waals surface area contributed by atoms with E-state index in [9.17, 15) is 0 Å². The number of hydrogen-bond acceptors (Lipinski definition) is 3. The SMILES string of the molecule is Cc1ccnc(Oc2ccc(Br)cc2)c1N. The molecule has 2 aromatic rings. The topological polar surface area (TPSA) is 48.1 Å². The number of ether oxygens (including phenoxy) is 1. The zero-order valence-corrected chi connectivity index (χ0v) is 10.4. The maximum Gasteiger partial charge on any atom is 0.242 e. The van der Waals surface area contributed by atoms with Crippen molar-refractivity contribution in [1.82, 2.24) is 4.98 Å². The van der Waals surface area contributed by atoms with Crippen LogP contribution in [-0.4, -0.2) is 4.98 Å². The molecule has 4 heteroatoms. The van der Waals surface area contributed by atoms with Crippen LogP contribution in [0.2, 0.25) is 0 Å². The number of anilines is 1. The van der Waals surface area contributed by atoms with Crippen LogP contribution in [0.1, 0.15) is 5.56 Å². The number of rotatable bonds is 2. The van der Waals surface area contributed by atoms with Crippen molar-refractivity contribution in [1.29, 1.82) is 0 Å². The van der Waals surface area contributed by atoms with Crippen molar-refractivity contribution in [3.63, 3.8) is 0 Å². The first-order chi connectivity index (χ1) is 7.66. The van der Waals surface area contributed by atoms with E-state index < -0.39 is 0 Å². The van der Waals surface area contributed by atoms with Gasteiger partial charge in [0.2, 0.25) is 5.88 Å². The fourth-order valence-corrected chi connectivity index (χ4v) is 1.50. The largest absolute Gasteiger partial charge is 0.437 e. The normalized spacial score (nSPS) is 10.1. The lowest BCUT2D eigenvalue weighted by Gasteiger charge is -2.08. The third-order valence-corrected chi connectivity index (χ3v) is 2.73. The fourth-order valence-electron chi connectivity index (χ4n) is 1.24. The molecule has 3 nitrogen and oxygen atoms in total. The van der Waals surface area contributed by atoms with E-state index in [2.05, 4.69) is 20.9 Å². The molecule has 2 rings (SSSR count). The zero-order chi connectivity index (χ0) is 11.5. The standard InChI is InChI=1S/C12H11BrN2O/c1-8-6-7-15-12(11(8)14)16-10-4-2-9(13)3-5-10/h2-7H,14H2,1H3. The predicted molar refractivity (Wildman–Crippen MR) is 67.6 cm³/mol. The van der Waals surface area contributed by atoms with E-state index in [0.29, 0.717) is 17.3 Å². The quantitative estimate of drug-likeness (QED) is 0.914. The number of aromatic nitrogens is 1. The molecule has 16 heavy (non-hydrogen) atoms. The summed E-state index contributed by atoms with van der Waals surface area (Å²) in [6, 6.07) is 9.37. The molecular weight excluding hydrogens is 268 g/mol. The fraction of sp³-hybridized carbons (Fsp3) is 0.0833. The monoisotopic (exact) mass is 278 g/mol. The third-order valence-electron chi connectivity index (χ3n) is 2.20. The Bertz CT molecular complexity index is 497. The van der Waals surface area contributed by atoms with Crippen molar-refractivity contribution in [2.75, 3.05) is 5.73 Å². The molecule has 1 aromatic heterocycles. The molecule has 0 amide bonds. The van der Waals surface area contributed by atoms with Gasteiger partial charge in [-0.05, 0) is 42.8 Å². The van der Waals surface area contributed by atoms with E-state index in [1.807, 2.05) is 37.3 Å². The highest BCUT2D eigenvalue weighted by Gasteiger charge is 2.05. The van der Waals surface area contributed by atoms with Gasteiger partial charge in [-0.3, -0.25) is 0 Å². The number of nitrogen functional groups attached to an aromatic ring is 1. The van der Waals surface area contributed by atoms with Gasteiger partial charge in [0.15, 0.2) is 0 Å². The second kappa shape index (κ2) is 4.53. The van der Waals surface area contributed by atoms with Gasteiger partial charge in [-0.25, -0.2) is 4.98 Å². The lowest BCUT2D eigenvalue weighted by molar-refractivity contribution is 0.465. The minimum Gasteiger partial charge on any atom is -0.437 e.